The molecule has 166 valence electrons. The van der Waals surface area contributed by atoms with Crippen LogP contribution in [0.3, 0.4) is 0 Å². The standard InChI is InChI=1S/C21H23Cl2N3O4S/c1-3-19(21(28)24-2)25(11-15-6-9-17(22)18(23)10-15)20(27)13-31-12-14-4-7-16(8-5-14)26(29)30/h4-10,19H,3,11-13H2,1-2H3,(H,24,28). The van der Waals surface area contributed by atoms with Crippen LogP contribution < -0.4 is 5.32 Å². The highest BCUT2D eigenvalue weighted by molar-refractivity contribution is 7.99. The maximum atomic E-state index is 13.0. The fourth-order valence-corrected chi connectivity index (χ4v) is 4.17. The largest absolute Gasteiger partial charge is 0.357 e. The van der Waals surface area contributed by atoms with Crippen molar-refractivity contribution in [2.75, 3.05) is 12.8 Å². The second kappa shape index (κ2) is 11.9. The number of carbonyl (C=O) groups is 2. The number of likely N-dealkylation sites (N-methyl/N-ethyl adjacent to an activating group) is 1. The molecule has 0 saturated carbocycles. The molecular formula is C21H23Cl2N3O4S. The first-order valence-corrected chi connectivity index (χ1v) is 11.4. The number of halogens is 2. The Labute approximate surface area is 195 Å². The van der Waals surface area contributed by atoms with Crippen molar-refractivity contribution in [3.63, 3.8) is 0 Å². The third-order valence-corrected chi connectivity index (χ3v) is 6.34. The molecule has 0 bridgehead atoms. The Bertz CT molecular complexity index is 941. The minimum atomic E-state index is -0.619. The second-order valence-corrected chi connectivity index (χ2v) is 8.52. The monoisotopic (exact) mass is 483 g/mol. The molecular weight excluding hydrogens is 461 g/mol. The van der Waals surface area contributed by atoms with Gasteiger partial charge in [-0.05, 0) is 29.7 Å². The Hall–Kier alpha value is -2.29. The number of hydrogen-bond acceptors (Lipinski definition) is 5. The van der Waals surface area contributed by atoms with Crippen LogP contribution in [0.25, 0.3) is 0 Å². The number of nitro groups is 1. The lowest BCUT2D eigenvalue weighted by Gasteiger charge is -2.30. The average molecular weight is 484 g/mol. The van der Waals surface area contributed by atoms with Gasteiger partial charge < -0.3 is 10.2 Å². The number of nitro benzene ring substituents is 1. The Kier molecular flexibility index (Phi) is 9.61. The van der Waals surface area contributed by atoms with Crippen molar-refractivity contribution >= 4 is 52.5 Å². The summed E-state index contributed by atoms with van der Waals surface area (Å²) in [6.07, 6.45) is 0.458. The molecule has 0 aromatic heterocycles. The molecule has 31 heavy (non-hydrogen) atoms. The molecule has 1 N–H and O–H groups in total. The maximum Gasteiger partial charge on any atom is 0.269 e. The van der Waals surface area contributed by atoms with Crippen molar-refractivity contribution in [2.45, 2.75) is 31.7 Å². The minimum Gasteiger partial charge on any atom is -0.357 e. The lowest BCUT2D eigenvalue weighted by Crippen LogP contribution is -2.48. The first kappa shape index (κ1) is 25.0. The van der Waals surface area contributed by atoms with Gasteiger partial charge in [0.2, 0.25) is 11.8 Å². The molecule has 0 aliphatic carbocycles. The summed E-state index contributed by atoms with van der Waals surface area (Å²) in [7, 11) is 1.54. The van der Waals surface area contributed by atoms with Crippen LogP contribution in [0.5, 0.6) is 0 Å². The molecule has 0 fully saturated rings. The van der Waals surface area contributed by atoms with Crippen molar-refractivity contribution in [2.24, 2.45) is 0 Å². The fourth-order valence-electron chi connectivity index (χ4n) is 2.97. The zero-order valence-electron chi connectivity index (χ0n) is 17.1. The highest BCUT2D eigenvalue weighted by Gasteiger charge is 2.28. The van der Waals surface area contributed by atoms with Gasteiger partial charge in [-0.1, -0.05) is 48.3 Å². The molecule has 1 atom stereocenters. The summed E-state index contributed by atoms with van der Waals surface area (Å²) >= 11 is 13.5. The number of benzene rings is 2. The average Bonchev–Trinajstić information content (AvgIpc) is 2.76. The molecule has 1 unspecified atom stereocenters. The van der Waals surface area contributed by atoms with Crippen molar-refractivity contribution in [1.82, 2.24) is 10.2 Å². The summed E-state index contributed by atoms with van der Waals surface area (Å²) in [4.78, 5) is 37.2. The number of nitrogens with zero attached hydrogens (tertiary/aromatic N) is 2. The minimum absolute atomic E-state index is 0.0222. The van der Waals surface area contributed by atoms with Crippen molar-refractivity contribution in [3.05, 3.63) is 73.8 Å². The third-order valence-electron chi connectivity index (χ3n) is 4.61. The van der Waals surface area contributed by atoms with E-state index >= 15 is 0 Å². The van der Waals surface area contributed by atoms with Crippen LogP contribution in [0.1, 0.15) is 24.5 Å². The molecule has 2 amide bonds. The van der Waals surface area contributed by atoms with Gasteiger partial charge >= 0.3 is 0 Å². The van der Waals surface area contributed by atoms with Gasteiger partial charge in [-0.2, -0.15) is 0 Å². The molecule has 0 spiro atoms. The van der Waals surface area contributed by atoms with E-state index in [0.717, 1.165) is 11.1 Å². The highest BCUT2D eigenvalue weighted by Crippen LogP contribution is 2.25. The molecule has 7 nitrogen and oxygen atoms in total. The number of amides is 2. The molecule has 2 aromatic rings. The van der Waals surface area contributed by atoms with Gasteiger partial charge in [-0.3, -0.25) is 19.7 Å². The van der Waals surface area contributed by atoms with E-state index in [-0.39, 0.29) is 29.8 Å². The number of nitrogens with one attached hydrogen (secondary N) is 1. The molecule has 0 saturated heterocycles. The van der Waals surface area contributed by atoms with Gasteiger partial charge in [0.25, 0.3) is 5.69 Å². The van der Waals surface area contributed by atoms with E-state index in [9.17, 15) is 19.7 Å². The maximum absolute atomic E-state index is 13.0. The Morgan fingerprint density at radius 3 is 2.32 bits per heavy atom. The first-order chi connectivity index (χ1) is 14.8. The fraction of sp³-hybridized carbons (Fsp3) is 0.333. The van der Waals surface area contributed by atoms with Crippen molar-refractivity contribution < 1.29 is 14.5 Å². The summed E-state index contributed by atoms with van der Waals surface area (Å²) in [6, 6.07) is 10.7. The van der Waals surface area contributed by atoms with Crippen molar-refractivity contribution in [3.8, 4) is 0 Å². The van der Waals surface area contributed by atoms with Crippen LogP contribution in [-0.2, 0) is 21.9 Å². The van der Waals surface area contributed by atoms with Gasteiger partial charge in [0, 0.05) is 31.5 Å². The molecule has 0 aliphatic rings. The predicted molar refractivity (Wildman–Crippen MR) is 124 cm³/mol. The van der Waals surface area contributed by atoms with E-state index in [0.29, 0.717) is 22.2 Å². The molecule has 2 aromatic carbocycles. The highest BCUT2D eigenvalue weighted by atomic mass is 35.5. The van der Waals surface area contributed by atoms with E-state index in [2.05, 4.69) is 5.32 Å². The number of non-ortho nitro benzene ring substituents is 1. The van der Waals surface area contributed by atoms with E-state index in [4.69, 9.17) is 23.2 Å². The number of thioether (sulfide) groups is 1. The van der Waals surface area contributed by atoms with Gasteiger partial charge in [-0.25, -0.2) is 0 Å². The van der Waals surface area contributed by atoms with Gasteiger partial charge in [0.15, 0.2) is 0 Å². The quantitative estimate of drug-likeness (QED) is 0.390. The van der Waals surface area contributed by atoms with Crippen LogP contribution in [0.15, 0.2) is 42.5 Å². The smallest absolute Gasteiger partial charge is 0.269 e. The zero-order chi connectivity index (χ0) is 23.0. The first-order valence-electron chi connectivity index (χ1n) is 9.52. The molecule has 0 heterocycles. The summed E-state index contributed by atoms with van der Waals surface area (Å²) in [5, 5.41) is 14.2. The number of carbonyl (C=O) groups excluding carboxylic acids is 2. The van der Waals surface area contributed by atoms with Crippen LogP contribution in [-0.4, -0.2) is 40.5 Å². The lowest BCUT2D eigenvalue weighted by molar-refractivity contribution is -0.384. The van der Waals surface area contributed by atoms with Crippen LogP contribution in [0.4, 0.5) is 5.69 Å². The summed E-state index contributed by atoms with van der Waals surface area (Å²) in [5.74, 6) is 0.247. The molecule has 2 rings (SSSR count). The molecule has 0 radical (unpaired) electrons. The Morgan fingerprint density at radius 1 is 1.13 bits per heavy atom. The SMILES string of the molecule is CCC(C(=O)NC)N(Cc1ccc(Cl)c(Cl)c1)C(=O)CSCc1ccc([N+](=O)[O-])cc1. The van der Waals surface area contributed by atoms with E-state index in [1.807, 2.05) is 6.92 Å². The van der Waals surface area contributed by atoms with Crippen molar-refractivity contribution in [1.29, 1.82) is 0 Å². The second-order valence-electron chi connectivity index (χ2n) is 6.72. The summed E-state index contributed by atoms with van der Waals surface area (Å²) in [6.45, 7) is 2.07. The van der Waals surface area contributed by atoms with E-state index < -0.39 is 11.0 Å². The molecule has 0 aliphatic heterocycles. The number of hydrogen-bond donors (Lipinski definition) is 1. The Morgan fingerprint density at radius 2 is 1.77 bits per heavy atom. The third kappa shape index (κ3) is 7.12. The zero-order valence-corrected chi connectivity index (χ0v) is 19.5. The Balaban J connectivity index is 2.10. The number of rotatable bonds is 10. The summed E-state index contributed by atoms with van der Waals surface area (Å²) < 4.78 is 0. The predicted octanol–water partition coefficient (Wildman–Crippen LogP) is 4.69. The summed E-state index contributed by atoms with van der Waals surface area (Å²) in [5.41, 5.74) is 1.66. The van der Waals surface area contributed by atoms with E-state index in [1.54, 1.807) is 35.2 Å². The lowest BCUT2D eigenvalue weighted by atomic mass is 10.1. The van der Waals surface area contributed by atoms with Crippen LogP contribution in [0.2, 0.25) is 10.0 Å². The molecule has 10 heteroatoms. The van der Waals surface area contributed by atoms with Crippen LogP contribution >= 0.6 is 35.0 Å². The van der Waals surface area contributed by atoms with E-state index in [1.165, 1.54) is 30.9 Å². The van der Waals surface area contributed by atoms with Gasteiger partial charge in [0.1, 0.15) is 6.04 Å². The normalized spacial score (nSPS) is 11.6. The van der Waals surface area contributed by atoms with Gasteiger partial charge in [0.05, 0.1) is 20.7 Å². The topological polar surface area (TPSA) is 92.6 Å². The van der Waals surface area contributed by atoms with Gasteiger partial charge in [-0.15, -0.1) is 11.8 Å². The van der Waals surface area contributed by atoms with Crippen LogP contribution in [0, 0.1) is 10.1 Å².